The van der Waals surface area contributed by atoms with Gasteiger partial charge in [-0.1, -0.05) is 36.9 Å². The molecule has 170 valence electrons. The Kier molecular flexibility index (Phi) is 6.62. The molecule has 0 unspecified atom stereocenters. The first-order chi connectivity index (χ1) is 16.1. The summed E-state index contributed by atoms with van der Waals surface area (Å²) in [7, 11) is 0. The van der Waals surface area contributed by atoms with Gasteiger partial charge in [0.05, 0.1) is 16.3 Å². The van der Waals surface area contributed by atoms with Crippen molar-refractivity contribution in [1.29, 1.82) is 0 Å². The highest BCUT2D eigenvalue weighted by Crippen LogP contribution is 2.32. The van der Waals surface area contributed by atoms with Crippen LogP contribution < -0.4 is 0 Å². The van der Waals surface area contributed by atoms with E-state index in [2.05, 4.69) is 69.3 Å². The standard InChI is InChI=1S/C24H25N5OS3/c1-16-8-10-28(11-9-16)23(30)19-14-32-21(25-19)15-33-24-27-26-22(20-7-4-12-31-20)29(24)18-6-3-5-17(2)13-18/h3-7,12-14,16H,8-11,15H2,1-2H3. The first-order valence-electron chi connectivity index (χ1n) is 11.0. The molecule has 1 aliphatic heterocycles. The van der Waals surface area contributed by atoms with Crippen molar-refractivity contribution in [2.45, 2.75) is 37.6 Å². The third-order valence-electron chi connectivity index (χ3n) is 5.80. The Hall–Kier alpha value is -2.49. The second-order valence-electron chi connectivity index (χ2n) is 8.35. The van der Waals surface area contributed by atoms with Crippen LogP contribution in [0, 0.1) is 12.8 Å². The van der Waals surface area contributed by atoms with Gasteiger partial charge in [-0.25, -0.2) is 4.98 Å². The van der Waals surface area contributed by atoms with Crippen LogP contribution in [-0.2, 0) is 5.75 Å². The molecule has 6 nitrogen and oxygen atoms in total. The Bertz CT molecular complexity index is 1240. The predicted octanol–water partition coefficient (Wildman–Crippen LogP) is 5.93. The van der Waals surface area contributed by atoms with Crippen LogP contribution in [0.1, 0.15) is 40.8 Å². The number of carbonyl (C=O) groups excluding carboxylic acids is 1. The minimum absolute atomic E-state index is 0.0531. The van der Waals surface area contributed by atoms with Crippen molar-refractivity contribution in [3.05, 3.63) is 63.4 Å². The molecule has 1 aliphatic rings. The number of hydrogen-bond acceptors (Lipinski definition) is 7. The maximum Gasteiger partial charge on any atom is 0.273 e. The highest BCUT2D eigenvalue weighted by Gasteiger charge is 2.23. The molecule has 0 N–H and O–H groups in total. The summed E-state index contributed by atoms with van der Waals surface area (Å²) in [4.78, 5) is 20.5. The van der Waals surface area contributed by atoms with E-state index in [1.807, 2.05) is 16.3 Å². The van der Waals surface area contributed by atoms with Crippen molar-refractivity contribution in [1.82, 2.24) is 24.6 Å². The lowest BCUT2D eigenvalue weighted by atomic mass is 9.99. The number of aromatic nitrogens is 4. The highest BCUT2D eigenvalue weighted by atomic mass is 32.2. The van der Waals surface area contributed by atoms with Crippen molar-refractivity contribution < 1.29 is 4.79 Å². The summed E-state index contributed by atoms with van der Waals surface area (Å²) < 4.78 is 2.11. The van der Waals surface area contributed by atoms with Crippen LogP contribution in [-0.4, -0.2) is 43.6 Å². The fourth-order valence-corrected chi connectivity index (χ4v) is 6.34. The summed E-state index contributed by atoms with van der Waals surface area (Å²) >= 11 is 4.78. The quantitative estimate of drug-likeness (QED) is 0.311. The van der Waals surface area contributed by atoms with Gasteiger partial charge in [0, 0.05) is 18.5 Å². The number of likely N-dealkylation sites (tertiary alicyclic amines) is 1. The molecule has 0 aliphatic carbocycles. The van der Waals surface area contributed by atoms with Crippen LogP contribution in [0.4, 0.5) is 0 Å². The average Bonchev–Trinajstić information content (AvgIpc) is 3.58. The second-order valence-corrected chi connectivity index (χ2v) is 11.2. The van der Waals surface area contributed by atoms with E-state index >= 15 is 0 Å². The van der Waals surface area contributed by atoms with Crippen LogP contribution in [0.5, 0.6) is 0 Å². The molecule has 3 aromatic heterocycles. The van der Waals surface area contributed by atoms with E-state index in [-0.39, 0.29) is 5.91 Å². The Balaban J connectivity index is 1.35. The Morgan fingerprint density at radius 3 is 2.76 bits per heavy atom. The minimum Gasteiger partial charge on any atom is -0.337 e. The number of thioether (sulfide) groups is 1. The van der Waals surface area contributed by atoms with Crippen molar-refractivity contribution in [2.24, 2.45) is 5.92 Å². The molecule has 0 bridgehead atoms. The van der Waals surface area contributed by atoms with Crippen LogP contribution in [0.25, 0.3) is 16.4 Å². The zero-order valence-corrected chi connectivity index (χ0v) is 21.1. The third-order valence-corrected chi connectivity index (χ3v) is 8.64. The number of thiazole rings is 1. The van der Waals surface area contributed by atoms with Crippen molar-refractivity contribution in [3.63, 3.8) is 0 Å². The molecular formula is C24H25N5OS3. The third kappa shape index (κ3) is 4.90. The predicted molar refractivity (Wildman–Crippen MR) is 135 cm³/mol. The van der Waals surface area contributed by atoms with Gasteiger partial charge in [0.2, 0.25) is 0 Å². The lowest BCUT2D eigenvalue weighted by Gasteiger charge is -2.29. The lowest BCUT2D eigenvalue weighted by molar-refractivity contribution is 0.0692. The Morgan fingerprint density at radius 1 is 1.15 bits per heavy atom. The number of rotatable bonds is 6. The maximum atomic E-state index is 12.8. The van der Waals surface area contributed by atoms with Crippen LogP contribution in [0.3, 0.4) is 0 Å². The van der Waals surface area contributed by atoms with E-state index in [0.29, 0.717) is 17.4 Å². The average molecular weight is 496 g/mol. The van der Waals surface area contributed by atoms with Gasteiger partial charge in [-0.3, -0.25) is 9.36 Å². The number of amides is 1. The largest absolute Gasteiger partial charge is 0.337 e. The van der Waals surface area contributed by atoms with Gasteiger partial charge < -0.3 is 4.90 Å². The summed E-state index contributed by atoms with van der Waals surface area (Å²) in [5.74, 6) is 2.23. The lowest BCUT2D eigenvalue weighted by Crippen LogP contribution is -2.38. The number of benzene rings is 1. The Morgan fingerprint density at radius 2 is 2.00 bits per heavy atom. The van der Waals surface area contributed by atoms with Crippen molar-refractivity contribution in [3.8, 4) is 16.4 Å². The molecular weight excluding hydrogens is 470 g/mol. The fourth-order valence-electron chi connectivity index (χ4n) is 3.90. The molecule has 1 amide bonds. The fraction of sp³-hybridized carbons (Fsp3) is 0.333. The summed E-state index contributed by atoms with van der Waals surface area (Å²) in [6.07, 6.45) is 2.14. The van der Waals surface area contributed by atoms with Crippen molar-refractivity contribution >= 4 is 40.3 Å². The van der Waals surface area contributed by atoms with Gasteiger partial charge in [-0.15, -0.1) is 32.9 Å². The van der Waals surface area contributed by atoms with E-state index < -0.39 is 0 Å². The molecule has 4 heterocycles. The van der Waals surface area contributed by atoms with Gasteiger partial charge in [0.15, 0.2) is 11.0 Å². The summed E-state index contributed by atoms with van der Waals surface area (Å²) in [6, 6.07) is 12.5. The van der Waals surface area contributed by atoms with Crippen molar-refractivity contribution in [2.75, 3.05) is 13.1 Å². The summed E-state index contributed by atoms with van der Waals surface area (Å²) in [5, 5.41) is 14.7. The monoisotopic (exact) mass is 495 g/mol. The van der Waals surface area contributed by atoms with Crippen LogP contribution in [0.2, 0.25) is 0 Å². The van der Waals surface area contributed by atoms with Crippen LogP contribution >= 0.6 is 34.4 Å². The molecule has 33 heavy (non-hydrogen) atoms. The first-order valence-corrected chi connectivity index (χ1v) is 13.8. The van der Waals surface area contributed by atoms with Gasteiger partial charge in [-0.05, 0) is 54.8 Å². The molecule has 0 radical (unpaired) electrons. The molecule has 0 saturated carbocycles. The number of thiophene rings is 1. The molecule has 9 heteroatoms. The second kappa shape index (κ2) is 9.79. The van der Waals surface area contributed by atoms with E-state index in [4.69, 9.17) is 0 Å². The normalized spacial score (nSPS) is 14.7. The summed E-state index contributed by atoms with van der Waals surface area (Å²) in [5.41, 5.74) is 2.79. The molecule has 1 saturated heterocycles. The van der Waals surface area contributed by atoms with Gasteiger partial charge in [-0.2, -0.15) is 0 Å². The molecule has 0 spiro atoms. The number of piperidine rings is 1. The number of aryl methyl sites for hydroxylation is 1. The SMILES string of the molecule is Cc1cccc(-n2c(SCc3nc(C(=O)N4CCC(C)CC4)cs3)nnc2-c2cccs2)c1. The van der Waals surface area contributed by atoms with Gasteiger partial charge in [0.1, 0.15) is 10.7 Å². The number of nitrogens with zero attached hydrogens (tertiary/aromatic N) is 5. The highest BCUT2D eigenvalue weighted by molar-refractivity contribution is 7.98. The van der Waals surface area contributed by atoms with Crippen LogP contribution in [0.15, 0.2) is 52.3 Å². The van der Waals surface area contributed by atoms with E-state index in [1.54, 1.807) is 23.1 Å². The van der Waals surface area contributed by atoms with Gasteiger partial charge >= 0.3 is 0 Å². The van der Waals surface area contributed by atoms with E-state index in [0.717, 1.165) is 52.5 Å². The molecule has 1 fully saturated rings. The first kappa shape index (κ1) is 22.3. The molecule has 1 aromatic carbocycles. The molecule has 4 aromatic rings. The Labute approximate surface area is 205 Å². The number of carbonyl (C=O) groups is 1. The topological polar surface area (TPSA) is 63.9 Å². The minimum atomic E-state index is 0.0531. The smallest absolute Gasteiger partial charge is 0.273 e. The molecule has 5 rings (SSSR count). The van der Waals surface area contributed by atoms with E-state index in [1.165, 1.54) is 16.9 Å². The summed E-state index contributed by atoms with van der Waals surface area (Å²) in [6.45, 7) is 5.99. The number of hydrogen-bond donors (Lipinski definition) is 0. The zero-order chi connectivity index (χ0) is 22.8. The van der Waals surface area contributed by atoms with Gasteiger partial charge in [0.25, 0.3) is 5.91 Å². The zero-order valence-electron chi connectivity index (χ0n) is 18.6. The maximum absolute atomic E-state index is 12.8. The van der Waals surface area contributed by atoms with E-state index in [9.17, 15) is 4.79 Å². The molecule has 0 atom stereocenters.